The molecule has 0 unspecified atom stereocenters. The van der Waals surface area contributed by atoms with Crippen LogP contribution in [0.1, 0.15) is 25.3 Å². The lowest BCUT2D eigenvalue weighted by Crippen LogP contribution is -2.13. The molecule has 112 valence electrons. The average Bonchev–Trinajstić information content (AvgIpc) is 2.47. The molecule has 4 nitrogen and oxygen atoms in total. The van der Waals surface area contributed by atoms with E-state index in [2.05, 4.69) is 4.72 Å². The zero-order valence-corrected chi connectivity index (χ0v) is 13.1. The maximum atomic E-state index is 12.4. The number of anilines is 1. The molecule has 0 aliphatic rings. The van der Waals surface area contributed by atoms with Crippen molar-refractivity contribution in [1.82, 2.24) is 0 Å². The van der Waals surface area contributed by atoms with Crippen LogP contribution in [0.4, 0.5) is 5.69 Å². The summed E-state index contributed by atoms with van der Waals surface area (Å²) in [6, 6.07) is 13.7. The van der Waals surface area contributed by atoms with Crippen LogP contribution in [0, 0.1) is 0 Å². The number of rotatable bonds is 5. The SMILES string of the molecule is COc1ccc(S(=O)(=O)Nc2ccccc2)cc1C(C)C. The van der Waals surface area contributed by atoms with Crippen molar-refractivity contribution in [3.8, 4) is 5.75 Å². The maximum Gasteiger partial charge on any atom is 0.261 e. The second kappa shape index (κ2) is 6.18. The van der Waals surface area contributed by atoms with Crippen molar-refractivity contribution in [2.75, 3.05) is 11.8 Å². The first kappa shape index (κ1) is 15.4. The second-order valence-electron chi connectivity index (χ2n) is 5.03. The van der Waals surface area contributed by atoms with E-state index in [1.165, 1.54) is 0 Å². The predicted octanol–water partition coefficient (Wildman–Crippen LogP) is 3.62. The molecule has 0 aromatic heterocycles. The van der Waals surface area contributed by atoms with E-state index in [9.17, 15) is 8.42 Å². The van der Waals surface area contributed by atoms with Gasteiger partial charge in [-0.3, -0.25) is 4.72 Å². The van der Waals surface area contributed by atoms with Gasteiger partial charge < -0.3 is 4.74 Å². The van der Waals surface area contributed by atoms with Gasteiger partial charge in [0.1, 0.15) is 5.75 Å². The lowest BCUT2D eigenvalue weighted by Gasteiger charge is -2.14. The smallest absolute Gasteiger partial charge is 0.261 e. The van der Waals surface area contributed by atoms with E-state index in [-0.39, 0.29) is 10.8 Å². The van der Waals surface area contributed by atoms with Crippen molar-refractivity contribution in [3.63, 3.8) is 0 Å². The lowest BCUT2D eigenvalue weighted by atomic mass is 10.0. The molecule has 0 atom stereocenters. The Morgan fingerprint density at radius 3 is 2.29 bits per heavy atom. The third kappa shape index (κ3) is 3.55. The van der Waals surface area contributed by atoms with Crippen LogP contribution in [0.15, 0.2) is 53.4 Å². The Bertz CT molecular complexity index is 710. The van der Waals surface area contributed by atoms with E-state index in [0.717, 1.165) is 5.56 Å². The molecule has 0 fully saturated rings. The van der Waals surface area contributed by atoms with Gasteiger partial charge in [0.25, 0.3) is 10.0 Å². The summed E-state index contributed by atoms with van der Waals surface area (Å²) in [5.74, 6) is 0.871. The normalized spacial score (nSPS) is 11.4. The molecule has 0 saturated carbocycles. The molecule has 2 aromatic carbocycles. The molecule has 0 bridgehead atoms. The van der Waals surface area contributed by atoms with Gasteiger partial charge in [-0.2, -0.15) is 0 Å². The van der Waals surface area contributed by atoms with Crippen LogP contribution in [0.25, 0.3) is 0 Å². The van der Waals surface area contributed by atoms with Gasteiger partial charge >= 0.3 is 0 Å². The summed E-state index contributed by atoms with van der Waals surface area (Å²) in [4.78, 5) is 0.232. The average molecular weight is 305 g/mol. The monoisotopic (exact) mass is 305 g/mol. The molecule has 0 aliphatic heterocycles. The van der Waals surface area contributed by atoms with Crippen LogP contribution >= 0.6 is 0 Å². The third-order valence-corrected chi connectivity index (χ3v) is 4.54. The molecule has 0 amide bonds. The van der Waals surface area contributed by atoms with Gasteiger partial charge in [-0.1, -0.05) is 32.0 Å². The number of sulfonamides is 1. The van der Waals surface area contributed by atoms with Crippen molar-refractivity contribution >= 4 is 15.7 Å². The molecule has 0 saturated heterocycles. The number of para-hydroxylation sites is 1. The fourth-order valence-electron chi connectivity index (χ4n) is 2.05. The number of ether oxygens (including phenoxy) is 1. The van der Waals surface area contributed by atoms with Crippen LogP contribution in [0.5, 0.6) is 5.75 Å². The molecule has 2 rings (SSSR count). The third-order valence-electron chi connectivity index (χ3n) is 3.16. The van der Waals surface area contributed by atoms with Gasteiger partial charge in [0, 0.05) is 5.69 Å². The van der Waals surface area contributed by atoms with Crippen molar-refractivity contribution in [2.24, 2.45) is 0 Å². The first-order valence-corrected chi connectivity index (χ1v) is 8.18. The standard InChI is InChI=1S/C16H19NO3S/c1-12(2)15-11-14(9-10-16(15)20-3)21(18,19)17-13-7-5-4-6-8-13/h4-12,17H,1-3H3. The zero-order chi connectivity index (χ0) is 15.5. The number of hydrogen-bond acceptors (Lipinski definition) is 3. The van der Waals surface area contributed by atoms with Crippen LogP contribution < -0.4 is 9.46 Å². The van der Waals surface area contributed by atoms with E-state index in [4.69, 9.17) is 4.74 Å². The summed E-state index contributed by atoms with van der Waals surface area (Å²) >= 11 is 0. The quantitative estimate of drug-likeness (QED) is 0.918. The van der Waals surface area contributed by atoms with E-state index >= 15 is 0 Å². The Morgan fingerprint density at radius 2 is 1.71 bits per heavy atom. The zero-order valence-electron chi connectivity index (χ0n) is 12.3. The van der Waals surface area contributed by atoms with Crippen molar-refractivity contribution in [3.05, 3.63) is 54.1 Å². The summed E-state index contributed by atoms with van der Waals surface area (Å²) in [6.45, 7) is 4.00. The minimum atomic E-state index is -3.60. The molecule has 2 aromatic rings. The van der Waals surface area contributed by atoms with Crippen molar-refractivity contribution < 1.29 is 13.2 Å². The Morgan fingerprint density at radius 1 is 1.05 bits per heavy atom. The Balaban J connectivity index is 2.39. The fourth-order valence-corrected chi connectivity index (χ4v) is 3.14. The van der Waals surface area contributed by atoms with Crippen molar-refractivity contribution in [2.45, 2.75) is 24.7 Å². The van der Waals surface area contributed by atoms with Gasteiger partial charge in [0.05, 0.1) is 12.0 Å². The summed E-state index contributed by atoms with van der Waals surface area (Å²) in [6.07, 6.45) is 0. The van der Waals surface area contributed by atoms with E-state index in [1.807, 2.05) is 19.9 Å². The molecule has 0 spiro atoms. The molecule has 0 heterocycles. The minimum absolute atomic E-state index is 0.173. The molecular weight excluding hydrogens is 286 g/mol. The molecule has 5 heteroatoms. The van der Waals surface area contributed by atoms with Crippen LogP contribution in [0.3, 0.4) is 0 Å². The van der Waals surface area contributed by atoms with Crippen LogP contribution in [-0.4, -0.2) is 15.5 Å². The largest absolute Gasteiger partial charge is 0.496 e. The van der Waals surface area contributed by atoms with Gasteiger partial charge in [-0.05, 0) is 41.8 Å². The van der Waals surface area contributed by atoms with E-state index in [0.29, 0.717) is 11.4 Å². The summed E-state index contributed by atoms with van der Waals surface area (Å²) in [7, 11) is -2.02. The number of methoxy groups -OCH3 is 1. The van der Waals surface area contributed by atoms with Gasteiger partial charge in [0.2, 0.25) is 0 Å². The molecule has 0 aliphatic carbocycles. The Kier molecular flexibility index (Phi) is 4.53. The topological polar surface area (TPSA) is 55.4 Å². The fraction of sp³-hybridized carbons (Fsp3) is 0.250. The minimum Gasteiger partial charge on any atom is -0.496 e. The number of benzene rings is 2. The Labute approximate surface area is 125 Å². The van der Waals surface area contributed by atoms with Crippen LogP contribution in [-0.2, 0) is 10.0 Å². The number of hydrogen-bond donors (Lipinski definition) is 1. The van der Waals surface area contributed by atoms with E-state index in [1.54, 1.807) is 49.6 Å². The lowest BCUT2D eigenvalue weighted by molar-refractivity contribution is 0.407. The van der Waals surface area contributed by atoms with Crippen LogP contribution in [0.2, 0.25) is 0 Å². The first-order valence-electron chi connectivity index (χ1n) is 6.70. The first-order chi connectivity index (χ1) is 9.94. The molecule has 21 heavy (non-hydrogen) atoms. The summed E-state index contributed by atoms with van der Waals surface area (Å²) in [5.41, 5.74) is 1.41. The van der Waals surface area contributed by atoms with Gasteiger partial charge in [-0.25, -0.2) is 8.42 Å². The van der Waals surface area contributed by atoms with Crippen molar-refractivity contribution in [1.29, 1.82) is 0 Å². The van der Waals surface area contributed by atoms with Gasteiger partial charge in [0.15, 0.2) is 0 Å². The highest BCUT2D eigenvalue weighted by Gasteiger charge is 2.17. The highest BCUT2D eigenvalue weighted by Crippen LogP contribution is 2.29. The Hall–Kier alpha value is -2.01. The maximum absolute atomic E-state index is 12.4. The van der Waals surface area contributed by atoms with E-state index < -0.39 is 10.0 Å². The predicted molar refractivity (Wildman–Crippen MR) is 84.3 cm³/mol. The molecule has 1 N–H and O–H groups in total. The highest BCUT2D eigenvalue weighted by atomic mass is 32.2. The van der Waals surface area contributed by atoms with Gasteiger partial charge in [-0.15, -0.1) is 0 Å². The molecule has 0 radical (unpaired) electrons. The number of nitrogens with one attached hydrogen (secondary N) is 1. The second-order valence-corrected chi connectivity index (χ2v) is 6.71. The molecular formula is C16H19NO3S. The highest BCUT2D eigenvalue weighted by molar-refractivity contribution is 7.92. The summed E-state index contributed by atoms with van der Waals surface area (Å²) in [5, 5.41) is 0. The summed E-state index contributed by atoms with van der Waals surface area (Å²) < 4.78 is 32.7.